The first-order valence-corrected chi connectivity index (χ1v) is 7.62. The molecule has 2 aromatic rings. The fraction of sp³-hybridized carbons (Fsp3) is 0.200. The number of aromatic hydroxyl groups is 1. The lowest BCUT2D eigenvalue weighted by Crippen LogP contribution is -2.25. The molecule has 0 saturated carbocycles. The first kappa shape index (κ1) is 10.9. The molecule has 1 aliphatic rings. The molecule has 0 spiro atoms. The second-order valence-corrected chi connectivity index (χ2v) is 6.79. The smallest absolute Gasteiger partial charge is 0.243 e. The Balaban J connectivity index is 1.99. The van der Waals surface area contributed by atoms with Gasteiger partial charge >= 0.3 is 0 Å². The Hall–Kier alpha value is -1.85. The van der Waals surface area contributed by atoms with E-state index in [4.69, 9.17) is 2.74 Å². The van der Waals surface area contributed by atoms with E-state index >= 15 is 0 Å². The van der Waals surface area contributed by atoms with E-state index in [1.165, 1.54) is 10.4 Å². The summed E-state index contributed by atoms with van der Waals surface area (Å²) >= 11 is 0. The van der Waals surface area contributed by atoms with Crippen molar-refractivity contribution in [3.63, 3.8) is 0 Å². The highest BCUT2D eigenvalue weighted by Crippen LogP contribution is 2.30. The largest absolute Gasteiger partial charge is 0.508 e. The number of nitrogens with zero attached hydrogens (tertiary/aromatic N) is 1. The maximum absolute atomic E-state index is 12.7. The van der Waals surface area contributed by atoms with Gasteiger partial charge in [-0.25, -0.2) is 8.42 Å². The van der Waals surface area contributed by atoms with Gasteiger partial charge in [0.1, 0.15) is 5.75 Å². The molecule has 0 aromatic heterocycles. The predicted octanol–water partition coefficient (Wildman–Crippen LogP) is 2.41. The Kier molecular flexibility index (Phi) is 2.51. The Morgan fingerprint density at radius 3 is 2.50 bits per heavy atom. The van der Waals surface area contributed by atoms with Gasteiger partial charge in [-0.05, 0) is 42.3 Å². The topological polar surface area (TPSA) is 57.6 Å². The van der Waals surface area contributed by atoms with Gasteiger partial charge in [-0.15, -0.1) is 0 Å². The van der Waals surface area contributed by atoms with E-state index in [-0.39, 0.29) is 30.1 Å². The zero-order valence-corrected chi connectivity index (χ0v) is 11.7. The Bertz CT molecular complexity index is 848. The third kappa shape index (κ3) is 2.19. The summed E-state index contributed by atoms with van der Waals surface area (Å²) < 4.78 is 42.0. The molecule has 20 heavy (non-hydrogen) atoms. The zero-order valence-electron chi connectivity index (χ0n) is 12.9. The van der Waals surface area contributed by atoms with Gasteiger partial charge in [-0.2, -0.15) is 4.31 Å². The predicted molar refractivity (Wildman–Crippen MR) is 75.7 cm³/mol. The summed E-state index contributed by atoms with van der Waals surface area (Å²) in [6.45, 7) is 2.04. The Morgan fingerprint density at radius 1 is 1.15 bits per heavy atom. The molecule has 0 fully saturated rings. The van der Waals surface area contributed by atoms with Crippen LogP contribution in [0.15, 0.2) is 47.3 Å². The summed E-state index contributed by atoms with van der Waals surface area (Å²) in [7, 11) is -3.66. The standard InChI is InChI=1S/C15H15NO3S/c1-11-2-6-15(7-3-11)20(18,19)16-9-12-4-5-14(17)8-13(12)10-16/h2-8,17H,9-10H2,1H3/i5D,8D. The van der Waals surface area contributed by atoms with Gasteiger partial charge in [-0.3, -0.25) is 0 Å². The highest BCUT2D eigenvalue weighted by molar-refractivity contribution is 7.89. The number of aryl methyl sites for hydroxylation is 1. The van der Waals surface area contributed by atoms with Crippen LogP contribution in [0.4, 0.5) is 0 Å². The molecule has 4 nitrogen and oxygen atoms in total. The summed E-state index contributed by atoms with van der Waals surface area (Å²) in [5.41, 5.74) is 2.04. The Morgan fingerprint density at radius 2 is 1.80 bits per heavy atom. The molecule has 1 heterocycles. The lowest BCUT2D eigenvalue weighted by Gasteiger charge is -2.15. The van der Waals surface area contributed by atoms with Crippen molar-refractivity contribution in [3.05, 3.63) is 59.1 Å². The number of fused-ring (bicyclic) bond motifs is 1. The number of hydrogen-bond acceptors (Lipinski definition) is 3. The molecule has 0 atom stereocenters. The van der Waals surface area contributed by atoms with Crippen LogP contribution in [0.3, 0.4) is 0 Å². The highest BCUT2D eigenvalue weighted by Gasteiger charge is 2.30. The number of benzene rings is 2. The van der Waals surface area contributed by atoms with Gasteiger partial charge < -0.3 is 5.11 Å². The van der Waals surface area contributed by atoms with Crippen LogP contribution >= 0.6 is 0 Å². The monoisotopic (exact) mass is 291 g/mol. The van der Waals surface area contributed by atoms with Gasteiger partial charge in [0.2, 0.25) is 10.0 Å². The maximum atomic E-state index is 12.7. The summed E-state index contributed by atoms with van der Waals surface area (Å²) in [5, 5.41) is 9.66. The minimum atomic E-state index is -3.66. The van der Waals surface area contributed by atoms with Crippen LogP contribution in [0.5, 0.6) is 5.75 Å². The summed E-state index contributed by atoms with van der Waals surface area (Å²) in [5.74, 6) is -0.409. The average Bonchev–Trinajstić information content (AvgIpc) is 2.90. The van der Waals surface area contributed by atoms with E-state index in [1.54, 1.807) is 24.3 Å². The van der Waals surface area contributed by atoms with Crippen LogP contribution in [-0.4, -0.2) is 17.8 Å². The van der Waals surface area contributed by atoms with Crippen molar-refractivity contribution >= 4 is 10.0 Å². The lowest BCUT2D eigenvalue weighted by atomic mass is 10.1. The number of phenols is 1. The van der Waals surface area contributed by atoms with Crippen LogP contribution < -0.4 is 0 Å². The van der Waals surface area contributed by atoms with E-state index in [2.05, 4.69) is 0 Å². The maximum Gasteiger partial charge on any atom is 0.243 e. The molecule has 0 amide bonds. The number of rotatable bonds is 2. The normalized spacial score (nSPS) is 16.6. The summed E-state index contributed by atoms with van der Waals surface area (Å²) in [4.78, 5) is 0.202. The Labute approximate surface area is 121 Å². The minimum Gasteiger partial charge on any atom is -0.508 e. The molecule has 0 unspecified atom stereocenters. The molecular formula is C15H15NO3S. The second-order valence-electron chi connectivity index (χ2n) is 4.85. The number of phenolic OH excluding ortho intramolecular Hbond substituents is 1. The van der Waals surface area contributed by atoms with E-state index in [0.29, 0.717) is 11.1 Å². The van der Waals surface area contributed by atoms with Crippen molar-refractivity contribution < 1.29 is 16.3 Å². The van der Waals surface area contributed by atoms with Crippen molar-refractivity contribution in [1.82, 2.24) is 4.31 Å². The van der Waals surface area contributed by atoms with E-state index in [0.717, 1.165) is 5.56 Å². The molecule has 1 N–H and O–H groups in total. The number of sulfonamides is 1. The summed E-state index contributed by atoms with van der Waals surface area (Å²) in [6, 6.07) is 7.69. The van der Waals surface area contributed by atoms with Crippen molar-refractivity contribution in [2.75, 3.05) is 0 Å². The molecule has 0 radical (unpaired) electrons. The van der Waals surface area contributed by atoms with Crippen molar-refractivity contribution in [1.29, 1.82) is 0 Å². The fourth-order valence-electron chi connectivity index (χ4n) is 2.24. The molecule has 0 saturated heterocycles. The van der Waals surface area contributed by atoms with Crippen LogP contribution in [0.2, 0.25) is 0 Å². The van der Waals surface area contributed by atoms with Crippen molar-refractivity contribution in [3.8, 4) is 5.75 Å². The molecule has 3 rings (SSSR count). The molecule has 0 aliphatic carbocycles. The van der Waals surface area contributed by atoms with Crippen LogP contribution in [0.25, 0.3) is 0 Å². The van der Waals surface area contributed by atoms with Gasteiger partial charge in [0.25, 0.3) is 0 Å². The highest BCUT2D eigenvalue weighted by atomic mass is 32.2. The molecule has 1 aliphatic heterocycles. The average molecular weight is 291 g/mol. The van der Waals surface area contributed by atoms with Crippen LogP contribution in [-0.2, 0) is 23.1 Å². The van der Waals surface area contributed by atoms with Crippen LogP contribution in [0.1, 0.15) is 19.4 Å². The molecule has 5 heteroatoms. The minimum absolute atomic E-state index is 0.0399. The zero-order chi connectivity index (χ0) is 16.1. The van der Waals surface area contributed by atoms with Crippen molar-refractivity contribution in [2.24, 2.45) is 0 Å². The molecular weight excluding hydrogens is 274 g/mol. The van der Waals surface area contributed by atoms with E-state index < -0.39 is 15.8 Å². The van der Waals surface area contributed by atoms with Crippen LogP contribution in [0, 0.1) is 6.92 Å². The van der Waals surface area contributed by atoms with Gasteiger partial charge in [-0.1, -0.05) is 23.8 Å². The molecule has 104 valence electrons. The number of hydrogen-bond donors (Lipinski definition) is 1. The molecule has 2 aromatic carbocycles. The SMILES string of the molecule is [2H]c1cc2c(c([2H])c1O)CN(S(=O)(=O)c1ccc(C)cc1)C2. The third-order valence-corrected chi connectivity index (χ3v) is 5.19. The van der Waals surface area contributed by atoms with Gasteiger partial charge in [0.15, 0.2) is 0 Å². The first-order valence-electron chi connectivity index (χ1n) is 7.18. The lowest BCUT2D eigenvalue weighted by molar-refractivity contribution is 0.431. The molecule has 0 bridgehead atoms. The first-order chi connectivity index (χ1) is 10.3. The second kappa shape index (κ2) is 4.61. The van der Waals surface area contributed by atoms with Gasteiger partial charge in [0.05, 0.1) is 7.64 Å². The van der Waals surface area contributed by atoms with E-state index in [1.807, 2.05) is 6.92 Å². The summed E-state index contributed by atoms with van der Waals surface area (Å²) in [6.07, 6.45) is 0. The van der Waals surface area contributed by atoms with Gasteiger partial charge in [0, 0.05) is 13.1 Å². The third-order valence-electron chi connectivity index (χ3n) is 3.38. The van der Waals surface area contributed by atoms with E-state index in [9.17, 15) is 13.5 Å². The van der Waals surface area contributed by atoms with Crippen molar-refractivity contribution in [2.45, 2.75) is 24.9 Å². The quantitative estimate of drug-likeness (QED) is 0.924. The fourth-order valence-corrected chi connectivity index (χ4v) is 3.62.